The molecule has 0 atom stereocenters. The first-order valence-electron chi connectivity index (χ1n) is 10.9. The second-order valence-corrected chi connectivity index (χ2v) is 9.29. The third-order valence-electron chi connectivity index (χ3n) is 5.64. The van der Waals surface area contributed by atoms with Gasteiger partial charge in [-0.1, -0.05) is 13.8 Å². The van der Waals surface area contributed by atoms with Crippen LogP contribution in [0.4, 0.5) is 17.1 Å². The van der Waals surface area contributed by atoms with Gasteiger partial charge >= 0.3 is 0 Å². The molecule has 190 valence electrons. The molecule has 0 spiro atoms. The number of likely N-dealkylation sites (N-methyl/N-ethyl adjacent to an activating group) is 1. The van der Waals surface area contributed by atoms with Crippen molar-refractivity contribution in [2.24, 2.45) is 0 Å². The molecule has 0 aliphatic carbocycles. The Kier molecular flexibility index (Phi) is 7.83. The lowest BCUT2D eigenvalue weighted by Crippen LogP contribution is -2.27. The average Bonchev–Trinajstić information content (AvgIpc) is 3.17. The summed E-state index contributed by atoms with van der Waals surface area (Å²) in [5, 5.41) is 20.5. The largest absolute Gasteiger partial charge is 0.497 e. The Morgan fingerprint density at radius 2 is 1.86 bits per heavy atom. The molecule has 0 bridgehead atoms. The number of methoxy groups -OCH3 is 2. The van der Waals surface area contributed by atoms with Crippen LogP contribution in [-0.4, -0.2) is 72.7 Å². The molecule has 0 amide bonds. The summed E-state index contributed by atoms with van der Waals surface area (Å²) >= 11 is 0. The predicted octanol–water partition coefficient (Wildman–Crippen LogP) is 3.53. The summed E-state index contributed by atoms with van der Waals surface area (Å²) in [6, 6.07) is 6.91. The van der Waals surface area contributed by atoms with Crippen LogP contribution in [0.15, 0.2) is 24.3 Å². The topological polar surface area (TPSA) is 149 Å². The van der Waals surface area contributed by atoms with E-state index in [1.54, 1.807) is 32.4 Å². The van der Waals surface area contributed by atoms with Gasteiger partial charge in [-0.05, 0) is 19.2 Å². The third kappa shape index (κ3) is 5.63. The maximum absolute atomic E-state index is 11.7. The van der Waals surface area contributed by atoms with Gasteiger partial charge in [-0.25, -0.2) is 0 Å². The van der Waals surface area contributed by atoms with Crippen LogP contribution in [0, 0.1) is 10.1 Å². The minimum Gasteiger partial charge on any atom is -0.497 e. The Hall–Kier alpha value is -3.42. The summed E-state index contributed by atoms with van der Waals surface area (Å²) in [4.78, 5) is 13.6. The molecular weight excluding hydrogens is 478 g/mol. The van der Waals surface area contributed by atoms with E-state index in [4.69, 9.17) is 19.1 Å². The van der Waals surface area contributed by atoms with Crippen molar-refractivity contribution in [1.82, 2.24) is 14.7 Å². The standard InChI is InChI=1S/C21H25N5O4.CH4O3S/c1-5-24(6-2)9-10-25-15-7-8-16(26(27)28)20-19(15)21(23-25)18-14(22-20)11-13(29-3)12-17(18)30-4;1-5(2,3)4/h7-8,11-12,22H,5-6,9-10H2,1-4H3;1H3,(H,2,3,4). The zero-order valence-electron chi connectivity index (χ0n) is 20.2. The first-order chi connectivity index (χ1) is 16.5. The number of aromatic nitrogens is 2. The van der Waals surface area contributed by atoms with Crippen LogP contribution in [0.3, 0.4) is 0 Å². The van der Waals surface area contributed by atoms with Crippen LogP contribution in [0.25, 0.3) is 22.2 Å². The van der Waals surface area contributed by atoms with Gasteiger partial charge in [-0.15, -0.1) is 0 Å². The predicted molar refractivity (Wildman–Crippen MR) is 133 cm³/mol. The van der Waals surface area contributed by atoms with E-state index in [2.05, 4.69) is 24.1 Å². The number of ether oxygens (including phenoxy) is 2. The van der Waals surface area contributed by atoms with E-state index in [0.717, 1.165) is 36.1 Å². The maximum Gasteiger partial charge on any atom is 0.293 e. The minimum atomic E-state index is -3.67. The molecule has 35 heavy (non-hydrogen) atoms. The summed E-state index contributed by atoms with van der Waals surface area (Å²) in [5.41, 5.74) is 3.44. The molecule has 2 heterocycles. The Morgan fingerprint density at radius 3 is 2.40 bits per heavy atom. The summed E-state index contributed by atoms with van der Waals surface area (Å²) in [7, 11) is -0.507. The Balaban J connectivity index is 0.000000623. The van der Waals surface area contributed by atoms with Gasteiger partial charge in [0.05, 0.1) is 54.1 Å². The average molecular weight is 508 g/mol. The van der Waals surface area contributed by atoms with Crippen LogP contribution in [0.2, 0.25) is 0 Å². The summed E-state index contributed by atoms with van der Waals surface area (Å²) < 4.78 is 38.8. The highest BCUT2D eigenvalue weighted by molar-refractivity contribution is 7.85. The number of benzene rings is 2. The van der Waals surface area contributed by atoms with E-state index >= 15 is 0 Å². The molecule has 0 saturated heterocycles. The number of nitro benzene ring substituents is 1. The van der Waals surface area contributed by atoms with Crippen molar-refractivity contribution in [3.8, 4) is 22.8 Å². The van der Waals surface area contributed by atoms with E-state index in [0.29, 0.717) is 41.4 Å². The van der Waals surface area contributed by atoms with E-state index in [9.17, 15) is 18.5 Å². The van der Waals surface area contributed by atoms with Gasteiger partial charge in [-0.2, -0.15) is 13.5 Å². The van der Waals surface area contributed by atoms with Crippen LogP contribution in [0.1, 0.15) is 13.8 Å². The fourth-order valence-corrected chi connectivity index (χ4v) is 4.01. The zero-order chi connectivity index (χ0) is 25.9. The molecule has 4 rings (SSSR count). The first-order valence-corrected chi connectivity index (χ1v) is 12.7. The number of nitro groups is 1. The lowest BCUT2D eigenvalue weighted by molar-refractivity contribution is -0.383. The molecule has 12 nitrogen and oxygen atoms in total. The Bertz CT molecular complexity index is 1340. The summed E-state index contributed by atoms with van der Waals surface area (Å²) in [6.45, 7) is 7.70. The Morgan fingerprint density at radius 1 is 1.20 bits per heavy atom. The number of hydrogen-bond acceptors (Lipinski definition) is 9. The molecule has 1 aromatic heterocycles. The smallest absolute Gasteiger partial charge is 0.293 e. The number of rotatable bonds is 8. The van der Waals surface area contributed by atoms with E-state index in [-0.39, 0.29) is 10.6 Å². The number of anilines is 2. The minimum absolute atomic E-state index is 0.0134. The molecule has 13 heteroatoms. The number of hydrogen-bond donors (Lipinski definition) is 2. The molecular formula is C22H29N5O7S. The normalized spacial score (nSPS) is 12.0. The SMILES string of the molecule is CCN(CC)CCn1nc2c3c(c([N+](=O)[O-])ccc31)Nc1cc(OC)cc(OC)c1-2.CS(=O)(=O)O. The van der Waals surface area contributed by atoms with Gasteiger partial charge in [-0.3, -0.25) is 19.3 Å². The fraction of sp³-hybridized carbons (Fsp3) is 0.409. The highest BCUT2D eigenvalue weighted by Crippen LogP contribution is 2.51. The number of nitrogens with one attached hydrogen (secondary N) is 1. The van der Waals surface area contributed by atoms with Gasteiger partial charge in [0.15, 0.2) is 0 Å². The van der Waals surface area contributed by atoms with Crippen LogP contribution in [0.5, 0.6) is 11.5 Å². The van der Waals surface area contributed by atoms with E-state index in [1.165, 1.54) is 6.07 Å². The Labute approximate surface area is 203 Å². The molecule has 1 aliphatic rings. The molecule has 2 N–H and O–H groups in total. The number of fused-ring (bicyclic) bond motifs is 2. The van der Waals surface area contributed by atoms with Crippen LogP contribution >= 0.6 is 0 Å². The molecule has 0 radical (unpaired) electrons. The molecule has 3 aromatic rings. The zero-order valence-corrected chi connectivity index (χ0v) is 21.0. The van der Waals surface area contributed by atoms with Gasteiger partial charge in [0, 0.05) is 24.7 Å². The molecule has 2 aromatic carbocycles. The summed E-state index contributed by atoms with van der Waals surface area (Å²) in [5.74, 6) is 1.20. The van der Waals surface area contributed by atoms with Crippen molar-refractivity contribution in [2.75, 3.05) is 45.4 Å². The van der Waals surface area contributed by atoms with E-state index in [1.807, 2.05) is 4.68 Å². The van der Waals surface area contributed by atoms with Crippen molar-refractivity contribution >= 4 is 38.1 Å². The lowest BCUT2D eigenvalue weighted by Gasteiger charge is -2.21. The second-order valence-electron chi connectivity index (χ2n) is 7.82. The van der Waals surface area contributed by atoms with Crippen molar-refractivity contribution in [1.29, 1.82) is 0 Å². The quantitative estimate of drug-likeness (QED) is 0.206. The highest BCUT2D eigenvalue weighted by atomic mass is 32.2. The summed E-state index contributed by atoms with van der Waals surface area (Å²) in [6.07, 6.45) is 0.715. The fourth-order valence-electron chi connectivity index (χ4n) is 4.01. The van der Waals surface area contributed by atoms with Gasteiger partial charge in [0.25, 0.3) is 15.8 Å². The molecule has 1 aliphatic heterocycles. The van der Waals surface area contributed by atoms with Gasteiger partial charge in [0.2, 0.25) is 0 Å². The van der Waals surface area contributed by atoms with E-state index < -0.39 is 10.1 Å². The molecule has 0 unspecified atom stereocenters. The van der Waals surface area contributed by atoms with Crippen molar-refractivity contribution in [2.45, 2.75) is 20.4 Å². The van der Waals surface area contributed by atoms with Gasteiger partial charge < -0.3 is 19.7 Å². The first kappa shape index (κ1) is 26.2. The third-order valence-corrected chi connectivity index (χ3v) is 5.64. The maximum atomic E-state index is 11.7. The lowest BCUT2D eigenvalue weighted by atomic mass is 9.98. The molecule has 0 saturated carbocycles. The van der Waals surface area contributed by atoms with Crippen LogP contribution < -0.4 is 14.8 Å². The van der Waals surface area contributed by atoms with Crippen molar-refractivity contribution in [3.05, 3.63) is 34.4 Å². The van der Waals surface area contributed by atoms with Crippen LogP contribution in [-0.2, 0) is 16.7 Å². The second kappa shape index (κ2) is 10.5. The van der Waals surface area contributed by atoms with Crippen molar-refractivity contribution in [3.63, 3.8) is 0 Å². The monoisotopic (exact) mass is 507 g/mol. The van der Waals surface area contributed by atoms with Gasteiger partial charge in [0.1, 0.15) is 22.9 Å². The number of nitrogens with zero attached hydrogens (tertiary/aromatic N) is 4. The highest BCUT2D eigenvalue weighted by Gasteiger charge is 2.31. The molecule has 0 fully saturated rings. The van der Waals surface area contributed by atoms with Crippen molar-refractivity contribution < 1.29 is 27.4 Å².